The Morgan fingerprint density at radius 3 is 1.88 bits per heavy atom. The highest BCUT2D eigenvalue weighted by atomic mass is 16.5. The number of hydrogen-bond acceptors (Lipinski definition) is 9. The number of alkyl carbamates (subject to hydrolysis) is 1. The molecule has 2 aliphatic heterocycles. The Hall–Kier alpha value is -5.99. The third-order valence-electron chi connectivity index (χ3n) is 15.6. The first-order chi connectivity index (χ1) is 32.2. The fourth-order valence-corrected chi connectivity index (χ4v) is 12.3. The van der Waals surface area contributed by atoms with E-state index in [1.54, 1.807) is 0 Å². The number of ether oxygens (including phenoxy) is 2. The van der Waals surface area contributed by atoms with Crippen molar-refractivity contribution in [1.29, 1.82) is 0 Å². The lowest BCUT2D eigenvalue weighted by atomic mass is 9.71. The number of methoxy groups -OCH3 is 2. The number of rotatable bonds is 10. The molecule has 5 atom stereocenters. The van der Waals surface area contributed by atoms with Gasteiger partial charge in [0, 0.05) is 48.9 Å². The Kier molecular flexibility index (Phi) is 12.8. The van der Waals surface area contributed by atoms with Gasteiger partial charge in [-0.1, -0.05) is 64.8 Å². The molecule has 2 aromatic heterocycles. The number of aromatic amines is 2. The first-order valence-electron chi connectivity index (χ1n) is 24.4. The number of primary amides is 1. The highest BCUT2D eigenvalue weighted by Gasteiger charge is 2.49. The minimum absolute atomic E-state index is 0.00463. The van der Waals surface area contributed by atoms with Crippen molar-refractivity contribution in [3.63, 3.8) is 0 Å². The van der Waals surface area contributed by atoms with E-state index in [-0.39, 0.29) is 47.1 Å². The number of aromatic nitrogens is 4. The molecule has 4 heterocycles. The molecule has 4 aliphatic carbocycles. The van der Waals surface area contributed by atoms with Crippen molar-refractivity contribution < 1.29 is 33.4 Å². The lowest BCUT2D eigenvalue weighted by molar-refractivity contribution is -0.135. The highest BCUT2D eigenvalue weighted by Crippen LogP contribution is 2.57. The van der Waals surface area contributed by atoms with Gasteiger partial charge >= 0.3 is 12.2 Å². The van der Waals surface area contributed by atoms with Gasteiger partial charge in [0.1, 0.15) is 23.5 Å². The monoisotopic (exact) mass is 915 g/mol. The van der Waals surface area contributed by atoms with E-state index >= 15 is 0 Å². The molecule has 67 heavy (non-hydrogen) atoms. The van der Waals surface area contributed by atoms with E-state index in [0.29, 0.717) is 31.1 Å². The predicted octanol–water partition coefficient (Wildman–Crippen LogP) is 8.49. The van der Waals surface area contributed by atoms with Gasteiger partial charge in [-0.25, -0.2) is 19.6 Å². The SMILES string of the molecule is COC(=O)NC(C(=O)N1CCCC1c1ncc(-c2ccc(-c3ccc(-c4cnc([C@@H]5CCCN5C(=O)CC(C)C)[nH]4)c4c3CC3(CCCC3)C4)c3c2CC2C(=O)CC32)[nH]1)C(C)C.COC(N)=O. The highest BCUT2D eigenvalue weighted by molar-refractivity contribution is 5.95. The van der Waals surface area contributed by atoms with Crippen LogP contribution in [0.5, 0.6) is 0 Å². The summed E-state index contributed by atoms with van der Waals surface area (Å²) in [7, 11) is 2.53. The summed E-state index contributed by atoms with van der Waals surface area (Å²) in [6, 6.07) is 8.20. The van der Waals surface area contributed by atoms with Crippen molar-refractivity contribution in [3.05, 3.63) is 70.6 Å². The molecule has 2 saturated carbocycles. The van der Waals surface area contributed by atoms with Crippen LogP contribution in [0.2, 0.25) is 0 Å². The van der Waals surface area contributed by atoms with Crippen molar-refractivity contribution in [2.45, 2.75) is 135 Å². The maximum atomic E-state index is 13.9. The number of nitrogens with two attached hydrogens (primary N) is 1. The van der Waals surface area contributed by atoms with Crippen LogP contribution in [0, 0.1) is 23.2 Å². The maximum Gasteiger partial charge on any atom is 0.407 e. The second-order valence-corrected chi connectivity index (χ2v) is 20.6. The molecule has 0 radical (unpaired) electrons. The summed E-state index contributed by atoms with van der Waals surface area (Å²) in [5.74, 6) is 2.47. The quantitative estimate of drug-likeness (QED) is 0.120. The Balaban J connectivity index is 0.00000107. The average molecular weight is 915 g/mol. The van der Waals surface area contributed by atoms with Gasteiger partial charge in [-0.15, -0.1) is 0 Å². The van der Waals surface area contributed by atoms with Crippen LogP contribution < -0.4 is 11.1 Å². The van der Waals surface area contributed by atoms with Crippen molar-refractivity contribution in [2.75, 3.05) is 27.3 Å². The van der Waals surface area contributed by atoms with E-state index in [4.69, 9.17) is 14.7 Å². The molecule has 4 amide bonds. The van der Waals surface area contributed by atoms with E-state index in [1.807, 2.05) is 36.0 Å². The third kappa shape index (κ3) is 8.63. The first kappa shape index (κ1) is 46.1. The Morgan fingerprint density at radius 2 is 1.31 bits per heavy atom. The van der Waals surface area contributed by atoms with Gasteiger partial charge in [-0.05, 0) is 108 Å². The van der Waals surface area contributed by atoms with Crippen LogP contribution in [0.25, 0.3) is 33.6 Å². The van der Waals surface area contributed by atoms with E-state index in [9.17, 15) is 24.0 Å². The number of likely N-dealkylation sites (tertiary alicyclic amines) is 2. The van der Waals surface area contributed by atoms with Crippen molar-refractivity contribution in [1.82, 2.24) is 35.1 Å². The predicted molar refractivity (Wildman–Crippen MR) is 252 cm³/mol. The van der Waals surface area contributed by atoms with Crippen LogP contribution in [0.1, 0.15) is 144 Å². The molecule has 15 nitrogen and oxygen atoms in total. The van der Waals surface area contributed by atoms with Gasteiger partial charge in [0.05, 0.1) is 50.1 Å². The third-order valence-corrected chi connectivity index (χ3v) is 15.6. The zero-order chi connectivity index (χ0) is 47.3. The van der Waals surface area contributed by atoms with Crippen LogP contribution in [-0.4, -0.2) is 92.9 Å². The topological polar surface area (TPSA) is 206 Å². The van der Waals surface area contributed by atoms with E-state index in [2.05, 4.69) is 63.9 Å². The van der Waals surface area contributed by atoms with Crippen LogP contribution in [0.4, 0.5) is 9.59 Å². The summed E-state index contributed by atoms with van der Waals surface area (Å²) in [6.07, 6.45) is 15.1. The second-order valence-electron chi connectivity index (χ2n) is 20.6. The van der Waals surface area contributed by atoms with Crippen LogP contribution in [0.15, 0.2) is 36.7 Å². The fourth-order valence-electron chi connectivity index (χ4n) is 12.3. The largest absolute Gasteiger partial charge is 0.453 e. The van der Waals surface area contributed by atoms with Crippen molar-refractivity contribution in [3.8, 4) is 33.6 Å². The Morgan fingerprint density at radius 1 is 0.761 bits per heavy atom. The molecule has 2 aromatic carbocycles. The van der Waals surface area contributed by atoms with Crippen LogP contribution in [0.3, 0.4) is 0 Å². The molecule has 10 rings (SSSR count). The zero-order valence-electron chi connectivity index (χ0n) is 39.8. The lowest BCUT2D eigenvalue weighted by Gasteiger charge is -2.30. The Labute approximate surface area is 392 Å². The normalized spacial score (nSPS) is 22.6. The number of fused-ring (bicyclic) bond motifs is 4. The number of carbonyl (C=O) groups excluding carboxylic acids is 5. The number of hydrogen-bond donors (Lipinski definition) is 4. The number of Topliss-reactive ketones (excluding diaryl/α,β-unsaturated/α-hetero) is 1. The average Bonchev–Trinajstić information content (AvgIpc) is 4.17. The minimum atomic E-state index is -0.745. The van der Waals surface area contributed by atoms with Gasteiger partial charge in [0.15, 0.2) is 0 Å². The standard InChI is InChI=1S/C50H61N7O5.C2H5NO2/c1-27(2)20-43(59)56-18-8-10-40(56)46-51-26-39(54-46)31-13-12-29(36-23-50(24-37(31)36)16-6-7-17-50)32-15-14-30(34-21-33-35(44(32)34)22-42(33)58)38-25-52-47(53-38)41-11-9-19-57(41)48(60)45(28(3)4)55-49(61)62-5;1-5-2(3)4/h12-15,25-28,33,35,40-41,45H,6-11,16-24H2,1-5H3,(H,51,54)(H,52,53)(H,55,61);1H3,(H2,3,4)/t33?,35?,40-,41?,45?;/m0./s1. The Bertz CT molecular complexity index is 2570. The number of ketones is 1. The summed E-state index contributed by atoms with van der Waals surface area (Å²) < 4.78 is 8.72. The number of nitrogens with one attached hydrogen (secondary N) is 3. The number of carbonyl (C=O) groups is 5. The molecular weight excluding hydrogens is 849 g/mol. The van der Waals surface area contributed by atoms with Crippen molar-refractivity contribution in [2.24, 2.45) is 28.9 Å². The van der Waals surface area contributed by atoms with Crippen molar-refractivity contribution >= 4 is 29.8 Å². The molecule has 0 bridgehead atoms. The molecule has 1 spiro atoms. The smallest absolute Gasteiger partial charge is 0.407 e. The van der Waals surface area contributed by atoms with Gasteiger partial charge in [-0.3, -0.25) is 14.4 Å². The molecule has 5 N–H and O–H groups in total. The van der Waals surface area contributed by atoms with Gasteiger partial charge < -0.3 is 40.3 Å². The van der Waals surface area contributed by atoms with Gasteiger partial charge in [0.25, 0.3) is 0 Å². The van der Waals surface area contributed by atoms with Gasteiger partial charge in [-0.2, -0.15) is 0 Å². The number of H-pyrrole nitrogens is 2. The molecule has 4 unspecified atom stereocenters. The van der Waals surface area contributed by atoms with Crippen LogP contribution >= 0.6 is 0 Å². The van der Waals surface area contributed by atoms with Crippen LogP contribution in [-0.2, 0) is 43.1 Å². The fraction of sp³-hybridized carbons (Fsp3) is 0.558. The molecule has 356 valence electrons. The second kappa shape index (κ2) is 18.6. The molecule has 4 aromatic rings. The zero-order valence-corrected chi connectivity index (χ0v) is 39.8. The molecule has 6 aliphatic rings. The van der Waals surface area contributed by atoms with E-state index in [1.165, 1.54) is 78.8 Å². The number of imidazole rings is 2. The minimum Gasteiger partial charge on any atom is -0.453 e. The summed E-state index contributed by atoms with van der Waals surface area (Å²) in [5.41, 5.74) is 16.9. The molecule has 15 heteroatoms. The van der Waals surface area contributed by atoms with E-state index in [0.717, 1.165) is 80.1 Å². The number of amides is 4. The lowest BCUT2D eigenvalue weighted by Crippen LogP contribution is -2.51. The summed E-state index contributed by atoms with van der Waals surface area (Å²) in [4.78, 5) is 82.9. The molecule has 4 fully saturated rings. The van der Waals surface area contributed by atoms with E-state index < -0.39 is 18.2 Å². The summed E-state index contributed by atoms with van der Waals surface area (Å²) >= 11 is 0. The number of benzene rings is 2. The number of nitrogens with zero attached hydrogens (tertiary/aromatic N) is 4. The summed E-state index contributed by atoms with van der Waals surface area (Å²) in [5, 5.41) is 2.75. The maximum absolute atomic E-state index is 13.9. The first-order valence-corrected chi connectivity index (χ1v) is 24.4. The molecule has 2 saturated heterocycles. The van der Waals surface area contributed by atoms with Gasteiger partial charge in [0.2, 0.25) is 11.8 Å². The summed E-state index contributed by atoms with van der Waals surface area (Å²) in [6.45, 7) is 9.42. The molecular formula is C52H66N8O7.